The number of benzene rings is 1. The number of carbonyl (C=O) groups excluding carboxylic acids is 6. The zero-order chi connectivity index (χ0) is 39.4. The monoisotopic (exact) mass is 779 g/mol. The van der Waals surface area contributed by atoms with E-state index in [0.29, 0.717) is 37.6 Å². The second kappa shape index (κ2) is 19.6. The van der Waals surface area contributed by atoms with Crippen LogP contribution in [0.5, 0.6) is 5.88 Å². The molecule has 0 radical (unpaired) electrons. The predicted molar refractivity (Wildman–Crippen MR) is 199 cm³/mol. The summed E-state index contributed by atoms with van der Waals surface area (Å²) in [6.07, 6.45) is 7.57. The third kappa shape index (κ3) is 10.8. The molecule has 2 saturated heterocycles. The van der Waals surface area contributed by atoms with Gasteiger partial charge >= 0.3 is 12.1 Å². The van der Waals surface area contributed by atoms with Crippen molar-refractivity contribution in [2.24, 2.45) is 5.92 Å². The van der Waals surface area contributed by atoms with Gasteiger partial charge in [-0.1, -0.05) is 31.0 Å². The van der Waals surface area contributed by atoms with E-state index in [2.05, 4.69) is 15.7 Å². The smallest absolute Gasteiger partial charge is 0.467 e. The van der Waals surface area contributed by atoms with E-state index in [-0.39, 0.29) is 81.7 Å². The van der Waals surface area contributed by atoms with Gasteiger partial charge in [-0.3, -0.25) is 24.0 Å². The minimum Gasteiger partial charge on any atom is -0.467 e. The maximum atomic E-state index is 13.9. The van der Waals surface area contributed by atoms with Crippen LogP contribution in [-0.2, 0) is 33.5 Å². The van der Waals surface area contributed by atoms with Crippen LogP contribution in [0.1, 0.15) is 88.0 Å². The number of aromatic nitrogens is 2. The Morgan fingerprint density at radius 2 is 1.62 bits per heavy atom. The number of para-hydroxylation sites is 1. The van der Waals surface area contributed by atoms with Crippen LogP contribution in [-0.4, -0.2) is 131 Å². The zero-order valence-corrected chi connectivity index (χ0v) is 32.0. The molecule has 0 unspecified atom stereocenters. The van der Waals surface area contributed by atoms with E-state index in [0.717, 1.165) is 44.9 Å². The second-order valence-electron chi connectivity index (χ2n) is 14.7. The highest BCUT2D eigenvalue weighted by Crippen LogP contribution is 2.26. The molecular formula is C39H53N7O10. The number of nitrogens with zero attached hydrogens (tertiary/aromatic N) is 5. The number of rotatable bonds is 16. The molecule has 0 spiro atoms. The van der Waals surface area contributed by atoms with Gasteiger partial charge in [0.1, 0.15) is 12.1 Å². The van der Waals surface area contributed by atoms with Gasteiger partial charge in [0.25, 0.3) is 11.8 Å². The molecule has 2 saturated carbocycles. The van der Waals surface area contributed by atoms with E-state index in [1.807, 2.05) is 6.07 Å². The van der Waals surface area contributed by atoms with Gasteiger partial charge in [0.2, 0.25) is 17.7 Å². The second-order valence-corrected chi connectivity index (χ2v) is 14.7. The third-order valence-electron chi connectivity index (χ3n) is 10.8. The number of nitrogens with one attached hydrogen (secondary N) is 2. The quantitative estimate of drug-likeness (QED) is 0.237. The molecule has 17 heteroatoms. The first kappa shape index (κ1) is 40.5. The SMILES string of the molecule is CCOC(=O)ON1CCN(C(=O)[C@H](CCC(=O)OCC2CCCC2)NC(=O)c2cc(OCC(=O)N3CCC[C@H]3C(=O)NC3CCC3)n(-c3ccccc3)n2)CC1. The van der Waals surface area contributed by atoms with E-state index < -0.39 is 36.0 Å². The minimum atomic E-state index is -1.11. The van der Waals surface area contributed by atoms with Gasteiger partial charge in [0.05, 0.1) is 32.0 Å². The van der Waals surface area contributed by atoms with Crippen molar-refractivity contribution in [3.05, 3.63) is 42.1 Å². The molecule has 304 valence electrons. The maximum absolute atomic E-state index is 13.9. The van der Waals surface area contributed by atoms with E-state index in [1.165, 1.54) is 15.8 Å². The first-order valence-corrected chi connectivity index (χ1v) is 19.9. The summed E-state index contributed by atoms with van der Waals surface area (Å²) in [5.74, 6) is -1.61. The standard InChI is InChI=1S/C39H53N7O10/c1-2-53-39(52)56-44-22-20-43(21-23-44)38(51)30(17-18-35(48)55-25-27-10-6-7-11-27)41-36(49)31-24-34(46(42-31)29-14-4-3-5-15-29)54-26-33(47)45-19-9-16-32(45)37(50)40-28-12-8-13-28/h3-5,14-15,24,27-28,30,32H,2,6-13,16-23,25-26H2,1H3,(H,40,50)(H,41,49)/t30-,32-/m0/s1. The number of likely N-dealkylation sites (tertiary alicyclic amines) is 1. The number of carbonyl (C=O) groups is 6. The largest absolute Gasteiger partial charge is 0.527 e. The van der Waals surface area contributed by atoms with Gasteiger partial charge in [0.15, 0.2) is 12.3 Å². The lowest BCUT2D eigenvalue weighted by atomic mass is 9.93. The first-order valence-electron chi connectivity index (χ1n) is 19.9. The molecule has 0 bridgehead atoms. The molecule has 6 rings (SSSR count). The van der Waals surface area contributed by atoms with Crippen molar-refractivity contribution in [1.29, 1.82) is 0 Å². The summed E-state index contributed by atoms with van der Waals surface area (Å²) >= 11 is 0. The fourth-order valence-corrected chi connectivity index (χ4v) is 7.42. The van der Waals surface area contributed by atoms with Gasteiger partial charge in [0, 0.05) is 38.2 Å². The lowest BCUT2D eigenvalue weighted by Gasteiger charge is -2.35. The van der Waals surface area contributed by atoms with Gasteiger partial charge in [-0.2, -0.15) is 5.10 Å². The molecule has 4 amide bonds. The van der Waals surface area contributed by atoms with Crippen LogP contribution in [0.4, 0.5) is 4.79 Å². The molecule has 1 aromatic carbocycles. The molecule has 2 aliphatic carbocycles. The lowest BCUT2D eigenvalue weighted by Crippen LogP contribution is -2.55. The predicted octanol–water partition coefficient (Wildman–Crippen LogP) is 2.76. The number of piperazine rings is 1. The Balaban J connectivity index is 1.13. The van der Waals surface area contributed by atoms with Crippen LogP contribution in [0.3, 0.4) is 0 Å². The van der Waals surface area contributed by atoms with Crippen molar-refractivity contribution >= 4 is 35.8 Å². The van der Waals surface area contributed by atoms with Crippen molar-refractivity contribution in [3.63, 3.8) is 0 Å². The van der Waals surface area contributed by atoms with E-state index in [4.69, 9.17) is 19.0 Å². The third-order valence-corrected chi connectivity index (χ3v) is 10.8. The molecular weight excluding hydrogens is 726 g/mol. The van der Waals surface area contributed by atoms with Crippen LogP contribution in [0, 0.1) is 5.92 Å². The van der Waals surface area contributed by atoms with Crippen molar-refractivity contribution in [2.45, 2.75) is 95.7 Å². The fraction of sp³-hybridized carbons (Fsp3) is 0.615. The molecule has 2 aromatic rings. The Labute approximate surface area is 326 Å². The Kier molecular flexibility index (Phi) is 14.2. The normalized spacial score (nSPS) is 19.5. The molecule has 56 heavy (non-hydrogen) atoms. The Hall–Kier alpha value is -5.19. The highest BCUT2D eigenvalue weighted by molar-refractivity contribution is 5.96. The van der Waals surface area contributed by atoms with Crippen molar-refractivity contribution in [1.82, 2.24) is 35.3 Å². The molecule has 3 heterocycles. The summed E-state index contributed by atoms with van der Waals surface area (Å²) in [6, 6.07) is 8.82. The Morgan fingerprint density at radius 3 is 2.32 bits per heavy atom. The van der Waals surface area contributed by atoms with Crippen molar-refractivity contribution in [3.8, 4) is 11.6 Å². The molecule has 4 fully saturated rings. The van der Waals surface area contributed by atoms with Crippen LogP contribution in [0.2, 0.25) is 0 Å². The summed E-state index contributed by atoms with van der Waals surface area (Å²) in [5.41, 5.74) is 0.484. The lowest BCUT2D eigenvalue weighted by molar-refractivity contribution is -0.157. The van der Waals surface area contributed by atoms with Crippen LogP contribution < -0.4 is 15.4 Å². The van der Waals surface area contributed by atoms with E-state index >= 15 is 0 Å². The highest BCUT2D eigenvalue weighted by Gasteiger charge is 2.36. The number of amides is 4. The summed E-state index contributed by atoms with van der Waals surface area (Å²) in [6.45, 7) is 3.06. The number of hydrogen-bond donors (Lipinski definition) is 2. The summed E-state index contributed by atoms with van der Waals surface area (Å²) < 4.78 is 17.8. The number of ether oxygens (including phenoxy) is 3. The zero-order valence-electron chi connectivity index (χ0n) is 32.0. The highest BCUT2D eigenvalue weighted by atomic mass is 16.8. The molecule has 2 N–H and O–H groups in total. The number of hydrogen-bond acceptors (Lipinski definition) is 12. The molecule has 17 nitrogen and oxygen atoms in total. The van der Waals surface area contributed by atoms with Crippen LogP contribution >= 0.6 is 0 Å². The average Bonchev–Trinajstić information content (AvgIpc) is 3.99. The maximum Gasteiger partial charge on any atom is 0.527 e. The number of esters is 1. The van der Waals surface area contributed by atoms with Gasteiger partial charge in [-0.25, -0.2) is 9.48 Å². The van der Waals surface area contributed by atoms with Crippen LogP contribution in [0.25, 0.3) is 5.69 Å². The molecule has 2 atom stereocenters. The Morgan fingerprint density at radius 1 is 0.875 bits per heavy atom. The molecule has 2 aliphatic heterocycles. The first-order chi connectivity index (χ1) is 27.2. The summed E-state index contributed by atoms with van der Waals surface area (Å²) in [7, 11) is 0. The molecule has 1 aromatic heterocycles. The van der Waals surface area contributed by atoms with Gasteiger partial charge in [-0.15, -0.1) is 5.06 Å². The van der Waals surface area contributed by atoms with Gasteiger partial charge < -0.3 is 39.5 Å². The fourth-order valence-electron chi connectivity index (χ4n) is 7.42. The topological polar surface area (TPSA) is 191 Å². The van der Waals surface area contributed by atoms with Crippen LogP contribution in [0.15, 0.2) is 36.4 Å². The summed E-state index contributed by atoms with van der Waals surface area (Å²) in [5, 5.41) is 11.7. The average molecular weight is 780 g/mol. The number of hydroxylamine groups is 2. The van der Waals surface area contributed by atoms with E-state index in [9.17, 15) is 28.8 Å². The minimum absolute atomic E-state index is 0.0177. The van der Waals surface area contributed by atoms with Crippen molar-refractivity contribution < 1.29 is 47.8 Å². The summed E-state index contributed by atoms with van der Waals surface area (Å²) in [4.78, 5) is 87.0. The van der Waals surface area contributed by atoms with Gasteiger partial charge in [-0.05, 0) is 76.3 Å². The van der Waals surface area contributed by atoms with Crippen molar-refractivity contribution in [2.75, 3.05) is 52.5 Å². The Bertz CT molecular complexity index is 1690. The molecule has 4 aliphatic rings. The van der Waals surface area contributed by atoms with E-state index in [1.54, 1.807) is 41.0 Å².